The molecule has 2 aliphatic rings. The molecule has 0 saturated carbocycles. The van der Waals surface area contributed by atoms with E-state index >= 15 is 0 Å². The number of rotatable bonds is 4. The zero-order valence-corrected chi connectivity index (χ0v) is 12.2. The van der Waals surface area contributed by atoms with Crippen LogP contribution in [-0.2, 0) is 24.2 Å². The van der Waals surface area contributed by atoms with E-state index in [1.54, 1.807) is 4.57 Å². The van der Waals surface area contributed by atoms with Crippen molar-refractivity contribution in [3.8, 4) is 0 Å². The molecule has 0 unspecified atom stereocenters. The summed E-state index contributed by atoms with van der Waals surface area (Å²) in [6, 6.07) is 0. The lowest BCUT2D eigenvalue weighted by atomic mass is 9.97. The van der Waals surface area contributed by atoms with Crippen LogP contribution in [-0.4, -0.2) is 33.4 Å². The number of amides is 1. The maximum Gasteiger partial charge on any atom is 0.328 e. The molecule has 0 radical (unpaired) electrons. The Balaban J connectivity index is 1.74. The van der Waals surface area contributed by atoms with Gasteiger partial charge >= 0.3 is 5.69 Å². The molecule has 3 rings (SSSR count). The fraction of sp³-hybridized carbons (Fsp3) is 0.667. The highest BCUT2D eigenvalue weighted by Gasteiger charge is 2.21. The average molecular weight is 291 g/mol. The number of H-pyrrole nitrogens is 1. The Labute approximate surface area is 122 Å². The molecular weight excluding hydrogens is 270 g/mol. The van der Waals surface area contributed by atoms with Crippen molar-refractivity contribution < 1.29 is 4.79 Å². The van der Waals surface area contributed by atoms with E-state index in [-0.39, 0.29) is 17.2 Å². The van der Waals surface area contributed by atoms with Crippen molar-refractivity contribution in [1.82, 2.24) is 14.5 Å². The van der Waals surface area contributed by atoms with Gasteiger partial charge in [0.1, 0.15) is 0 Å². The molecule has 1 aromatic heterocycles. The van der Waals surface area contributed by atoms with Gasteiger partial charge < -0.3 is 4.90 Å². The minimum Gasteiger partial charge on any atom is -0.343 e. The van der Waals surface area contributed by atoms with Gasteiger partial charge in [-0.2, -0.15) is 0 Å². The highest BCUT2D eigenvalue weighted by molar-refractivity contribution is 5.77. The lowest BCUT2D eigenvalue weighted by Crippen LogP contribution is -2.37. The van der Waals surface area contributed by atoms with Crippen molar-refractivity contribution in [2.45, 2.75) is 51.5 Å². The summed E-state index contributed by atoms with van der Waals surface area (Å²) in [6.45, 7) is 2.10. The Morgan fingerprint density at radius 1 is 0.952 bits per heavy atom. The Morgan fingerprint density at radius 3 is 2.52 bits per heavy atom. The molecule has 6 heteroatoms. The molecule has 0 bridgehead atoms. The number of aromatic nitrogens is 2. The van der Waals surface area contributed by atoms with E-state index in [0.29, 0.717) is 19.5 Å². The molecule has 1 saturated heterocycles. The summed E-state index contributed by atoms with van der Waals surface area (Å²) in [5.41, 5.74) is 1.15. The normalized spacial score (nSPS) is 18.1. The van der Waals surface area contributed by atoms with Gasteiger partial charge in [0.2, 0.25) is 5.91 Å². The summed E-state index contributed by atoms with van der Waals surface area (Å²) < 4.78 is 1.70. The molecule has 2 heterocycles. The number of carbonyl (C=O) groups excluding carboxylic acids is 1. The summed E-state index contributed by atoms with van der Waals surface area (Å²) in [5.74, 6) is 0.214. The van der Waals surface area contributed by atoms with Crippen molar-refractivity contribution >= 4 is 5.91 Å². The van der Waals surface area contributed by atoms with Crippen LogP contribution in [0.3, 0.4) is 0 Å². The van der Waals surface area contributed by atoms with E-state index < -0.39 is 0 Å². The van der Waals surface area contributed by atoms with Crippen LogP contribution in [0.25, 0.3) is 0 Å². The highest BCUT2D eigenvalue weighted by Crippen LogP contribution is 2.17. The van der Waals surface area contributed by atoms with E-state index in [2.05, 4.69) is 4.98 Å². The number of carbonyl (C=O) groups is 1. The minimum absolute atomic E-state index is 0.214. The first-order chi connectivity index (χ1) is 10.2. The van der Waals surface area contributed by atoms with E-state index in [9.17, 15) is 14.4 Å². The molecule has 1 aliphatic carbocycles. The summed E-state index contributed by atoms with van der Waals surface area (Å²) in [5, 5.41) is 0. The summed E-state index contributed by atoms with van der Waals surface area (Å²) >= 11 is 0. The number of hydrogen-bond donors (Lipinski definition) is 1. The standard InChI is InChI=1S/C15H21N3O3/c19-13-7-3-8-17(13)9-4-10-18-12-6-2-1-5-11(12)14(20)16-15(18)21/h1-10H2,(H,16,20,21). The minimum atomic E-state index is -0.312. The van der Waals surface area contributed by atoms with Gasteiger partial charge in [-0.3, -0.25) is 19.1 Å². The van der Waals surface area contributed by atoms with Gasteiger partial charge in [0.25, 0.3) is 5.56 Å². The molecule has 114 valence electrons. The van der Waals surface area contributed by atoms with Gasteiger partial charge in [-0.15, -0.1) is 0 Å². The Kier molecular flexibility index (Phi) is 3.94. The van der Waals surface area contributed by atoms with Gasteiger partial charge in [0, 0.05) is 37.3 Å². The number of nitrogens with zero attached hydrogens (tertiary/aromatic N) is 2. The second-order valence-electron chi connectivity index (χ2n) is 5.88. The molecule has 6 nitrogen and oxygen atoms in total. The molecule has 1 amide bonds. The van der Waals surface area contributed by atoms with Crippen molar-refractivity contribution in [3.63, 3.8) is 0 Å². The summed E-state index contributed by atoms with van der Waals surface area (Å²) in [7, 11) is 0. The lowest BCUT2D eigenvalue weighted by Gasteiger charge is -2.21. The largest absolute Gasteiger partial charge is 0.343 e. The second-order valence-corrected chi connectivity index (χ2v) is 5.88. The molecule has 21 heavy (non-hydrogen) atoms. The number of nitrogens with one attached hydrogen (secondary N) is 1. The number of aromatic amines is 1. The van der Waals surface area contributed by atoms with E-state index in [1.807, 2.05) is 4.90 Å². The lowest BCUT2D eigenvalue weighted by molar-refractivity contribution is -0.127. The van der Waals surface area contributed by atoms with Gasteiger partial charge in [-0.05, 0) is 38.5 Å². The van der Waals surface area contributed by atoms with Crippen molar-refractivity contribution in [2.24, 2.45) is 0 Å². The second kappa shape index (κ2) is 5.87. The third-order valence-electron chi connectivity index (χ3n) is 4.49. The predicted molar refractivity (Wildman–Crippen MR) is 78.4 cm³/mol. The molecule has 1 aliphatic heterocycles. The highest BCUT2D eigenvalue weighted by atomic mass is 16.2. The van der Waals surface area contributed by atoms with Crippen LogP contribution in [0.15, 0.2) is 9.59 Å². The van der Waals surface area contributed by atoms with E-state index in [4.69, 9.17) is 0 Å². The molecule has 1 aromatic rings. The Bertz CT molecular complexity index is 659. The maximum atomic E-state index is 12.0. The zero-order chi connectivity index (χ0) is 14.8. The fourth-order valence-corrected chi connectivity index (χ4v) is 3.39. The molecular formula is C15H21N3O3. The van der Waals surface area contributed by atoms with Crippen LogP contribution in [0.2, 0.25) is 0 Å². The van der Waals surface area contributed by atoms with E-state index in [1.165, 1.54) is 0 Å². The fourth-order valence-electron chi connectivity index (χ4n) is 3.39. The van der Waals surface area contributed by atoms with Gasteiger partial charge in [-0.1, -0.05) is 0 Å². The van der Waals surface area contributed by atoms with Crippen molar-refractivity contribution in [3.05, 3.63) is 32.1 Å². The number of hydrogen-bond acceptors (Lipinski definition) is 3. The monoisotopic (exact) mass is 291 g/mol. The first-order valence-corrected chi connectivity index (χ1v) is 7.79. The quantitative estimate of drug-likeness (QED) is 0.874. The summed E-state index contributed by atoms with van der Waals surface area (Å²) in [6.07, 6.45) is 5.94. The smallest absolute Gasteiger partial charge is 0.328 e. The third-order valence-corrected chi connectivity index (χ3v) is 4.49. The topological polar surface area (TPSA) is 75.2 Å². The number of fused-ring (bicyclic) bond motifs is 1. The molecule has 0 spiro atoms. The molecule has 1 N–H and O–H groups in total. The van der Waals surface area contributed by atoms with Crippen LogP contribution in [0.1, 0.15) is 43.4 Å². The van der Waals surface area contributed by atoms with Crippen LogP contribution in [0, 0.1) is 0 Å². The van der Waals surface area contributed by atoms with E-state index in [0.717, 1.165) is 56.3 Å². The first-order valence-electron chi connectivity index (χ1n) is 7.79. The third kappa shape index (κ3) is 2.80. The van der Waals surface area contributed by atoms with Crippen molar-refractivity contribution in [1.29, 1.82) is 0 Å². The van der Waals surface area contributed by atoms with Crippen LogP contribution >= 0.6 is 0 Å². The maximum absolute atomic E-state index is 12.0. The summed E-state index contributed by atoms with van der Waals surface area (Å²) in [4.78, 5) is 39.7. The zero-order valence-electron chi connectivity index (χ0n) is 12.2. The SMILES string of the molecule is O=C1CCCN1CCCn1c2c(c(=O)[nH]c1=O)CCCC2. The molecule has 1 fully saturated rings. The first kappa shape index (κ1) is 14.1. The van der Waals surface area contributed by atoms with Gasteiger partial charge in [0.15, 0.2) is 0 Å². The van der Waals surface area contributed by atoms with Gasteiger partial charge in [-0.25, -0.2) is 4.79 Å². The molecule has 0 atom stereocenters. The van der Waals surface area contributed by atoms with Crippen LogP contribution in [0.5, 0.6) is 0 Å². The van der Waals surface area contributed by atoms with Gasteiger partial charge in [0.05, 0.1) is 0 Å². The average Bonchev–Trinajstić information content (AvgIpc) is 2.88. The Morgan fingerprint density at radius 2 is 1.76 bits per heavy atom. The number of likely N-dealkylation sites (tertiary alicyclic amines) is 1. The predicted octanol–water partition coefficient (Wildman–Crippen LogP) is 0.428. The van der Waals surface area contributed by atoms with Crippen molar-refractivity contribution in [2.75, 3.05) is 13.1 Å². The van der Waals surface area contributed by atoms with Crippen LogP contribution < -0.4 is 11.2 Å². The molecule has 0 aromatic carbocycles. The Hall–Kier alpha value is -1.85. The van der Waals surface area contributed by atoms with Crippen LogP contribution in [0.4, 0.5) is 0 Å².